The fourth-order valence-corrected chi connectivity index (χ4v) is 4.51. The second kappa shape index (κ2) is 12.7. The fourth-order valence-electron chi connectivity index (χ4n) is 4.51. The summed E-state index contributed by atoms with van der Waals surface area (Å²) in [6.45, 7) is 7.06. The maximum Gasteiger partial charge on any atom is 0.415 e. The Morgan fingerprint density at radius 1 is 1.32 bits per heavy atom. The number of rotatable bonds is 11. The van der Waals surface area contributed by atoms with Gasteiger partial charge in [0.25, 0.3) is 0 Å². The van der Waals surface area contributed by atoms with Gasteiger partial charge in [0.2, 0.25) is 5.91 Å². The van der Waals surface area contributed by atoms with E-state index in [0.29, 0.717) is 32.6 Å². The zero-order valence-corrected chi connectivity index (χ0v) is 20.9. The molecule has 0 aliphatic carbocycles. The Bertz CT molecular complexity index is 1040. The second-order valence-corrected chi connectivity index (χ2v) is 8.88. The molecular formula is C26H34F3N5O3. The summed E-state index contributed by atoms with van der Waals surface area (Å²) in [5.41, 5.74) is 0.491. The first-order valence-corrected chi connectivity index (χ1v) is 12.3. The van der Waals surface area contributed by atoms with Gasteiger partial charge in [0.05, 0.1) is 17.7 Å². The van der Waals surface area contributed by atoms with Crippen LogP contribution in [0.25, 0.3) is 0 Å². The summed E-state index contributed by atoms with van der Waals surface area (Å²) in [4.78, 5) is 26.5. The molecule has 1 aromatic carbocycles. The highest BCUT2D eigenvalue weighted by atomic mass is 19.4. The lowest BCUT2D eigenvalue weighted by atomic mass is 9.83. The van der Waals surface area contributed by atoms with E-state index in [2.05, 4.69) is 27.8 Å². The van der Waals surface area contributed by atoms with Crippen LogP contribution in [0.2, 0.25) is 0 Å². The van der Waals surface area contributed by atoms with Gasteiger partial charge in [-0.1, -0.05) is 37.8 Å². The highest BCUT2D eigenvalue weighted by Gasteiger charge is 2.48. The van der Waals surface area contributed by atoms with Crippen molar-refractivity contribution in [1.82, 2.24) is 20.9 Å². The van der Waals surface area contributed by atoms with Crippen molar-refractivity contribution in [3.63, 3.8) is 0 Å². The largest absolute Gasteiger partial charge is 0.445 e. The van der Waals surface area contributed by atoms with Gasteiger partial charge in [0, 0.05) is 25.3 Å². The maximum absolute atomic E-state index is 13.8. The Hall–Kier alpha value is -3.47. The van der Waals surface area contributed by atoms with Crippen molar-refractivity contribution in [3.05, 3.63) is 65.9 Å². The van der Waals surface area contributed by atoms with E-state index >= 15 is 0 Å². The molecule has 1 unspecified atom stereocenters. The van der Waals surface area contributed by atoms with Gasteiger partial charge in [-0.15, -0.1) is 0 Å². The number of hydrogen-bond acceptors (Lipinski definition) is 6. The minimum absolute atomic E-state index is 0.105. The molecule has 0 spiro atoms. The van der Waals surface area contributed by atoms with E-state index in [0.717, 1.165) is 22.9 Å². The Morgan fingerprint density at radius 3 is 2.86 bits per heavy atom. The number of alkyl halides is 3. The Balaban J connectivity index is 1.62. The standard InChI is InChI=1S/C26H34F3N5O3/c1-3-15-37-24(36)34-14-10-20-19(17-34)7-5-8-21(20)31-16-23(35)32-18-25(11-13-30-4-2)22(26(27,28)29)9-6-12-33-25/h3,5-9,12,30-31,33H,1,4,10-11,13-18H2,2H3,(H,32,35). The van der Waals surface area contributed by atoms with Crippen LogP contribution in [0.5, 0.6) is 0 Å². The second-order valence-electron chi connectivity index (χ2n) is 8.88. The summed E-state index contributed by atoms with van der Waals surface area (Å²) in [6.07, 6.45) is 1.12. The number of dihydropyridines is 1. The molecule has 2 amide bonds. The number of nitrogens with one attached hydrogen (secondary N) is 4. The molecule has 202 valence electrons. The number of benzene rings is 1. The Kier molecular flexibility index (Phi) is 9.62. The van der Waals surface area contributed by atoms with Crippen LogP contribution in [0.1, 0.15) is 24.5 Å². The molecule has 2 aliphatic heterocycles. The molecule has 0 aromatic heterocycles. The Labute approximate surface area is 215 Å². The number of fused-ring (bicyclic) bond motifs is 1. The van der Waals surface area contributed by atoms with Gasteiger partial charge < -0.3 is 30.9 Å². The molecule has 0 radical (unpaired) electrons. The molecule has 0 saturated heterocycles. The summed E-state index contributed by atoms with van der Waals surface area (Å²) in [5, 5.41) is 11.7. The summed E-state index contributed by atoms with van der Waals surface area (Å²) >= 11 is 0. The SMILES string of the molecule is C=CCOC(=O)N1CCc2c(cccc2NCC(=O)NCC2(CCNCC)NC=CC=C2C(F)(F)F)C1. The van der Waals surface area contributed by atoms with Gasteiger partial charge in [0.15, 0.2) is 0 Å². The highest BCUT2D eigenvalue weighted by molar-refractivity contribution is 5.81. The number of amides is 2. The van der Waals surface area contributed by atoms with Gasteiger partial charge in [0.1, 0.15) is 6.61 Å². The molecule has 4 N–H and O–H groups in total. The fraction of sp³-hybridized carbons (Fsp3) is 0.462. The number of hydrogen-bond donors (Lipinski definition) is 4. The lowest BCUT2D eigenvalue weighted by Crippen LogP contribution is -2.58. The summed E-state index contributed by atoms with van der Waals surface area (Å²) in [7, 11) is 0. The molecule has 2 aliphatic rings. The molecule has 1 atom stereocenters. The van der Waals surface area contributed by atoms with E-state index < -0.39 is 29.3 Å². The maximum atomic E-state index is 13.8. The predicted molar refractivity (Wildman–Crippen MR) is 136 cm³/mol. The molecule has 0 fully saturated rings. The van der Waals surface area contributed by atoms with E-state index in [-0.39, 0.29) is 26.1 Å². The number of carbonyl (C=O) groups is 2. The molecule has 37 heavy (non-hydrogen) atoms. The van der Waals surface area contributed by atoms with Crippen LogP contribution >= 0.6 is 0 Å². The van der Waals surface area contributed by atoms with Crippen LogP contribution in [0, 0.1) is 0 Å². The molecule has 3 rings (SSSR count). The van der Waals surface area contributed by atoms with Gasteiger partial charge in [-0.3, -0.25) is 4.79 Å². The summed E-state index contributed by atoms with van der Waals surface area (Å²) in [5.74, 6) is -0.427. The van der Waals surface area contributed by atoms with Crippen LogP contribution in [0.3, 0.4) is 0 Å². The molecule has 0 bridgehead atoms. The molecule has 2 heterocycles. The number of anilines is 1. The van der Waals surface area contributed by atoms with Gasteiger partial charge in [-0.2, -0.15) is 13.2 Å². The third kappa shape index (κ3) is 7.28. The van der Waals surface area contributed by atoms with E-state index in [1.165, 1.54) is 18.4 Å². The molecule has 0 saturated carbocycles. The number of halogens is 3. The Morgan fingerprint density at radius 2 is 2.14 bits per heavy atom. The monoisotopic (exact) mass is 521 g/mol. The van der Waals surface area contributed by atoms with Gasteiger partial charge in [-0.05, 0) is 55.4 Å². The number of allylic oxidation sites excluding steroid dienone is 2. The quantitative estimate of drug-likeness (QED) is 0.264. The van der Waals surface area contributed by atoms with Crippen molar-refractivity contribution in [1.29, 1.82) is 0 Å². The average Bonchev–Trinajstić information content (AvgIpc) is 2.88. The van der Waals surface area contributed by atoms with Crippen molar-refractivity contribution in [2.45, 2.75) is 38.0 Å². The molecule has 8 nitrogen and oxygen atoms in total. The van der Waals surface area contributed by atoms with Crippen LogP contribution in [0.15, 0.2) is 54.8 Å². The first-order valence-electron chi connectivity index (χ1n) is 12.3. The summed E-state index contributed by atoms with van der Waals surface area (Å²) in [6, 6.07) is 5.58. The lowest BCUT2D eigenvalue weighted by Gasteiger charge is -2.39. The van der Waals surface area contributed by atoms with Gasteiger partial charge in [-0.25, -0.2) is 4.79 Å². The lowest BCUT2D eigenvalue weighted by molar-refractivity contribution is -0.120. The highest BCUT2D eigenvalue weighted by Crippen LogP contribution is 2.37. The van der Waals surface area contributed by atoms with Crippen LogP contribution < -0.4 is 21.3 Å². The number of ether oxygens (including phenoxy) is 1. The average molecular weight is 522 g/mol. The van der Waals surface area contributed by atoms with Crippen molar-refractivity contribution >= 4 is 17.7 Å². The van der Waals surface area contributed by atoms with Crippen molar-refractivity contribution < 1.29 is 27.5 Å². The first-order chi connectivity index (χ1) is 17.7. The van der Waals surface area contributed by atoms with E-state index in [4.69, 9.17) is 4.74 Å². The van der Waals surface area contributed by atoms with Crippen molar-refractivity contribution in [2.24, 2.45) is 0 Å². The van der Waals surface area contributed by atoms with Crippen molar-refractivity contribution in [3.8, 4) is 0 Å². The zero-order valence-electron chi connectivity index (χ0n) is 20.9. The zero-order chi connectivity index (χ0) is 26.9. The summed E-state index contributed by atoms with van der Waals surface area (Å²) < 4.78 is 46.6. The van der Waals surface area contributed by atoms with E-state index in [1.54, 1.807) is 4.90 Å². The third-order valence-corrected chi connectivity index (χ3v) is 6.39. The minimum atomic E-state index is -4.54. The number of nitrogens with zero attached hydrogens (tertiary/aromatic N) is 1. The predicted octanol–water partition coefficient (Wildman–Crippen LogP) is 3.24. The van der Waals surface area contributed by atoms with E-state index in [9.17, 15) is 22.8 Å². The first kappa shape index (κ1) is 28.1. The minimum Gasteiger partial charge on any atom is -0.445 e. The van der Waals surface area contributed by atoms with E-state index in [1.807, 2.05) is 25.1 Å². The topological polar surface area (TPSA) is 94.7 Å². The van der Waals surface area contributed by atoms with Crippen LogP contribution in [0.4, 0.5) is 23.7 Å². The van der Waals surface area contributed by atoms with Crippen molar-refractivity contribution in [2.75, 3.05) is 44.6 Å². The molecule has 11 heteroatoms. The van der Waals surface area contributed by atoms with Gasteiger partial charge >= 0.3 is 12.3 Å². The van der Waals surface area contributed by atoms with Crippen LogP contribution in [-0.4, -0.2) is 67.9 Å². The normalized spacial score (nSPS) is 18.8. The van der Waals surface area contributed by atoms with Crippen LogP contribution in [-0.2, 0) is 22.5 Å². The smallest absolute Gasteiger partial charge is 0.415 e. The third-order valence-electron chi connectivity index (χ3n) is 6.39. The molecule has 1 aromatic rings. The molecular weight excluding hydrogens is 487 g/mol. The number of carbonyl (C=O) groups excluding carboxylic acids is 2.